The molecular formula is C19H20N6O2S. The molecule has 144 valence electrons. The standard InChI is InChI=1S/C19H20N6O2S/c26-17-8-6-15(7-9-17)23-10-12-24(13-11-23)18(27)14-28-19-20-21-22-25(19)16-4-2-1-3-5-16/h1-9,26H,10-14H2. The molecule has 9 heteroatoms. The highest BCUT2D eigenvalue weighted by molar-refractivity contribution is 7.99. The average Bonchev–Trinajstić information content (AvgIpc) is 3.22. The number of piperazine rings is 1. The minimum atomic E-state index is 0.0815. The van der Waals surface area contributed by atoms with Crippen LogP contribution in [0.2, 0.25) is 0 Å². The molecule has 1 amide bonds. The number of benzene rings is 2. The molecule has 28 heavy (non-hydrogen) atoms. The molecule has 1 N–H and O–H groups in total. The third-order valence-corrected chi connectivity index (χ3v) is 5.52. The molecule has 0 spiro atoms. The maximum Gasteiger partial charge on any atom is 0.233 e. The van der Waals surface area contributed by atoms with Crippen molar-refractivity contribution in [3.05, 3.63) is 54.6 Å². The second-order valence-electron chi connectivity index (χ2n) is 6.38. The zero-order chi connectivity index (χ0) is 19.3. The van der Waals surface area contributed by atoms with Crippen molar-refractivity contribution < 1.29 is 9.90 Å². The van der Waals surface area contributed by atoms with Crippen LogP contribution in [0.25, 0.3) is 5.69 Å². The summed E-state index contributed by atoms with van der Waals surface area (Å²) in [4.78, 5) is 16.7. The van der Waals surface area contributed by atoms with Gasteiger partial charge < -0.3 is 14.9 Å². The number of nitrogens with zero attached hydrogens (tertiary/aromatic N) is 6. The summed E-state index contributed by atoms with van der Waals surface area (Å²) in [6.07, 6.45) is 0. The van der Waals surface area contributed by atoms with E-state index in [9.17, 15) is 9.90 Å². The molecule has 8 nitrogen and oxygen atoms in total. The Morgan fingerprint density at radius 2 is 1.68 bits per heavy atom. The van der Waals surface area contributed by atoms with Crippen LogP contribution in [0.4, 0.5) is 5.69 Å². The molecular weight excluding hydrogens is 376 g/mol. The number of hydrogen-bond acceptors (Lipinski definition) is 7. The van der Waals surface area contributed by atoms with Gasteiger partial charge in [-0.2, -0.15) is 4.68 Å². The summed E-state index contributed by atoms with van der Waals surface area (Å²) in [5, 5.41) is 21.8. The van der Waals surface area contributed by atoms with Crippen LogP contribution in [0.3, 0.4) is 0 Å². The molecule has 0 bridgehead atoms. The van der Waals surface area contributed by atoms with Gasteiger partial charge in [-0.3, -0.25) is 4.79 Å². The van der Waals surface area contributed by atoms with Crippen molar-refractivity contribution in [1.82, 2.24) is 25.1 Å². The van der Waals surface area contributed by atoms with E-state index in [-0.39, 0.29) is 11.7 Å². The van der Waals surface area contributed by atoms with Crippen molar-refractivity contribution in [2.24, 2.45) is 0 Å². The van der Waals surface area contributed by atoms with Crippen LogP contribution in [0.15, 0.2) is 59.8 Å². The molecule has 0 unspecified atom stereocenters. The van der Waals surface area contributed by atoms with Gasteiger partial charge in [0.05, 0.1) is 11.4 Å². The van der Waals surface area contributed by atoms with E-state index in [1.807, 2.05) is 47.4 Å². The van der Waals surface area contributed by atoms with Crippen LogP contribution in [-0.4, -0.2) is 68.1 Å². The minimum absolute atomic E-state index is 0.0815. The zero-order valence-corrected chi connectivity index (χ0v) is 16.0. The first kappa shape index (κ1) is 18.3. The predicted octanol–water partition coefficient (Wildman–Crippen LogP) is 1.81. The van der Waals surface area contributed by atoms with Gasteiger partial charge >= 0.3 is 0 Å². The summed E-state index contributed by atoms with van der Waals surface area (Å²) < 4.78 is 1.64. The number of hydrogen-bond donors (Lipinski definition) is 1. The number of phenolic OH excluding ortho intramolecular Hbond substituents is 1. The fourth-order valence-electron chi connectivity index (χ4n) is 3.10. The van der Waals surface area contributed by atoms with E-state index in [0.29, 0.717) is 24.0 Å². The van der Waals surface area contributed by atoms with Gasteiger partial charge in [-0.25, -0.2) is 0 Å². The molecule has 1 aliphatic heterocycles. The van der Waals surface area contributed by atoms with Crippen LogP contribution in [0.5, 0.6) is 5.75 Å². The number of phenols is 1. The number of thioether (sulfide) groups is 1. The van der Waals surface area contributed by atoms with Gasteiger partial charge in [0.25, 0.3) is 0 Å². The molecule has 2 aromatic carbocycles. The van der Waals surface area contributed by atoms with Crippen LogP contribution in [0, 0.1) is 0 Å². The molecule has 2 heterocycles. The monoisotopic (exact) mass is 396 g/mol. The topological polar surface area (TPSA) is 87.4 Å². The average molecular weight is 396 g/mol. The van der Waals surface area contributed by atoms with E-state index < -0.39 is 0 Å². The van der Waals surface area contributed by atoms with Crippen molar-refractivity contribution in [1.29, 1.82) is 0 Å². The van der Waals surface area contributed by atoms with Crippen molar-refractivity contribution in [2.45, 2.75) is 5.16 Å². The van der Waals surface area contributed by atoms with E-state index >= 15 is 0 Å². The lowest BCUT2D eigenvalue weighted by Gasteiger charge is -2.36. The largest absolute Gasteiger partial charge is 0.508 e. The lowest BCUT2D eigenvalue weighted by Crippen LogP contribution is -2.49. The Labute approximate surface area is 166 Å². The zero-order valence-electron chi connectivity index (χ0n) is 15.2. The second-order valence-corrected chi connectivity index (χ2v) is 7.32. The number of tetrazole rings is 1. The Balaban J connectivity index is 1.31. The van der Waals surface area contributed by atoms with Gasteiger partial charge in [0.2, 0.25) is 11.1 Å². The molecule has 1 fully saturated rings. The first-order chi connectivity index (χ1) is 13.7. The summed E-state index contributed by atoms with van der Waals surface area (Å²) in [6, 6.07) is 16.8. The normalized spacial score (nSPS) is 14.3. The SMILES string of the molecule is O=C(CSc1nnnn1-c1ccccc1)N1CCN(c2ccc(O)cc2)CC1. The van der Waals surface area contributed by atoms with Crippen molar-refractivity contribution in [3.8, 4) is 11.4 Å². The first-order valence-electron chi connectivity index (χ1n) is 8.99. The molecule has 0 radical (unpaired) electrons. The number of rotatable bonds is 5. The summed E-state index contributed by atoms with van der Waals surface area (Å²) in [5.41, 5.74) is 1.92. The van der Waals surface area contributed by atoms with Gasteiger partial charge in [0.1, 0.15) is 5.75 Å². The summed E-state index contributed by atoms with van der Waals surface area (Å²) in [7, 11) is 0. The summed E-state index contributed by atoms with van der Waals surface area (Å²) in [6.45, 7) is 2.87. The Kier molecular flexibility index (Phi) is 5.43. The first-order valence-corrected chi connectivity index (χ1v) is 9.97. The minimum Gasteiger partial charge on any atom is -0.508 e. The van der Waals surface area contributed by atoms with Gasteiger partial charge in [0, 0.05) is 31.9 Å². The second kappa shape index (κ2) is 8.30. The summed E-state index contributed by atoms with van der Waals surface area (Å²) >= 11 is 1.34. The van der Waals surface area contributed by atoms with Gasteiger partial charge in [-0.15, -0.1) is 5.10 Å². The highest BCUT2D eigenvalue weighted by Crippen LogP contribution is 2.21. The molecule has 0 saturated carbocycles. The van der Waals surface area contributed by atoms with Crippen molar-refractivity contribution >= 4 is 23.4 Å². The van der Waals surface area contributed by atoms with Crippen molar-refractivity contribution in [3.63, 3.8) is 0 Å². The number of amides is 1. The van der Waals surface area contributed by atoms with Crippen molar-refractivity contribution in [2.75, 3.05) is 36.8 Å². The third kappa shape index (κ3) is 4.09. The quantitative estimate of drug-likeness (QED) is 0.658. The van der Waals surface area contributed by atoms with E-state index in [1.54, 1.807) is 16.8 Å². The fourth-order valence-corrected chi connectivity index (χ4v) is 3.89. The molecule has 1 aliphatic rings. The van der Waals surface area contributed by atoms with E-state index in [1.165, 1.54) is 11.8 Å². The van der Waals surface area contributed by atoms with E-state index in [2.05, 4.69) is 20.4 Å². The molecule has 4 rings (SSSR count). The van der Waals surface area contributed by atoms with Crippen LogP contribution in [-0.2, 0) is 4.79 Å². The lowest BCUT2D eigenvalue weighted by molar-refractivity contribution is -0.128. The van der Waals surface area contributed by atoms with Crippen LogP contribution in [0.1, 0.15) is 0 Å². The Bertz CT molecular complexity index is 923. The number of para-hydroxylation sites is 1. The highest BCUT2D eigenvalue weighted by atomic mass is 32.2. The fraction of sp³-hybridized carbons (Fsp3) is 0.263. The molecule has 1 saturated heterocycles. The number of aromatic nitrogens is 4. The Hall–Kier alpha value is -3.07. The maximum atomic E-state index is 12.6. The molecule has 0 aliphatic carbocycles. The highest BCUT2D eigenvalue weighted by Gasteiger charge is 2.22. The summed E-state index contributed by atoms with van der Waals surface area (Å²) in [5.74, 6) is 0.636. The third-order valence-electron chi connectivity index (χ3n) is 4.61. The van der Waals surface area contributed by atoms with Gasteiger partial charge in [-0.1, -0.05) is 30.0 Å². The predicted molar refractivity (Wildman–Crippen MR) is 107 cm³/mol. The van der Waals surface area contributed by atoms with Crippen LogP contribution >= 0.6 is 11.8 Å². The number of carbonyl (C=O) groups excluding carboxylic acids is 1. The number of anilines is 1. The van der Waals surface area contributed by atoms with Crippen LogP contribution < -0.4 is 4.90 Å². The number of aromatic hydroxyl groups is 1. The van der Waals surface area contributed by atoms with Gasteiger partial charge in [0.15, 0.2) is 0 Å². The maximum absolute atomic E-state index is 12.6. The van der Waals surface area contributed by atoms with Gasteiger partial charge in [-0.05, 0) is 46.8 Å². The number of carbonyl (C=O) groups is 1. The lowest BCUT2D eigenvalue weighted by atomic mass is 10.2. The van der Waals surface area contributed by atoms with E-state index in [4.69, 9.17) is 0 Å². The molecule has 0 atom stereocenters. The molecule has 3 aromatic rings. The van der Waals surface area contributed by atoms with E-state index in [0.717, 1.165) is 24.5 Å². The smallest absolute Gasteiger partial charge is 0.233 e. The molecule has 1 aromatic heterocycles. The Morgan fingerprint density at radius 3 is 2.39 bits per heavy atom. The Morgan fingerprint density at radius 1 is 0.964 bits per heavy atom.